The maximum atomic E-state index is 12.5. The third-order valence-electron chi connectivity index (χ3n) is 5.59. The molecule has 1 aliphatic rings. The van der Waals surface area contributed by atoms with Gasteiger partial charge in [-0.15, -0.1) is 0 Å². The molecule has 0 spiro atoms. The van der Waals surface area contributed by atoms with Crippen LogP contribution in [0, 0.1) is 12.8 Å². The third-order valence-corrected chi connectivity index (χ3v) is 5.59. The van der Waals surface area contributed by atoms with E-state index in [1.54, 1.807) is 6.20 Å². The van der Waals surface area contributed by atoms with Gasteiger partial charge in [0.25, 0.3) is 5.89 Å². The number of rotatable bonds is 7. The summed E-state index contributed by atoms with van der Waals surface area (Å²) in [4.78, 5) is 33.0. The van der Waals surface area contributed by atoms with Crippen LogP contribution in [0.2, 0.25) is 0 Å². The molecular formula is C25H28N4O3. The summed E-state index contributed by atoms with van der Waals surface area (Å²) in [7, 11) is 0. The summed E-state index contributed by atoms with van der Waals surface area (Å²) in [6.45, 7) is 7.96. The summed E-state index contributed by atoms with van der Waals surface area (Å²) in [5.74, 6) is 1.20. The minimum absolute atomic E-state index is 0.0433. The van der Waals surface area contributed by atoms with E-state index in [0.717, 1.165) is 35.1 Å². The molecule has 32 heavy (non-hydrogen) atoms. The van der Waals surface area contributed by atoms with E-state index in [1.807, 2.05) is 52.0 Å². The number of hydrogen-bond acceptors (Lipinski definition) is 6. The highest BCUT2D eigenvalue weighted by Crippen LogP contribution is 2.30. The Morgan fingerprint density at radius 2 is 1.88 bits per heavy atom. The molecule has 1 N–H and O–H groups in total. The fourth-order valence-electron chi connectivity index (χ4n) is 3.40. The van der Waals surface area contributed by atoms with Crippen molar-refractivity contribution >= 4 is 17.5 Å². The van der Waals surface area contributed by atoms with Gasteiger partial charge in [-0.3, -0.25) is 9.59 Å². The lowest BCUT2D eigenvalue weighted by Crippen LogP contribution is -2.14. The lowest BCUT2D eigenvalue weighted by atomic mass is 9.96. The Morgan fingerprint density at radius 3 is 2.53 bits per heavy atom. The molecule has 7 heteroatoms. The first-order valence-electron chi connectivity index (χ1n) is 10.9. The van der Waals surface area contributed by atoms with Crippen molar-refractivity contribution in [3.63, 3.8) is 0 Å². The number of ketones is 1. The number of aryl methyl sites for hydroxylation is 2. The van der Waals surface area contributed by atoms with E-state index in [-0.39, 0.29) is 28.9 Å². The van der Waals surface area contributed by atoms with Gasteiger partial charge in [0.2, 0.25) is 11.7 Å². The molecule has 0 aliphatic heterocycles. The Kier molecular flexibility index (Phi) is 5.91. The maximum Gasteiger partial charge on any atom is 0.294 e. The summed E-state index contributed by atoms with van der Waals surface area (Å²) < 4.78 is 5.16. The van der Waals surface area contributed by atoms with Crippen molar-refractivity contribution in [2.75, 3.05) is 5.32 Å². The largest absolute Gasteiger partial charge is 0.331 e. The molecule has 0 bridgehead atoms. The van der Waals surface area contributed by atoms with Gasteiger partial charge in [0.15, 0.2) is 5.82 Å². The topological polar surface area (TPSA) is 98.0 Å². The van der Waals surface area contributed by atoms with Gasteiger partial charge in [-0.2, -0.15) is 4.98 Å². The summed E-state index contributed by atoms with van der Waals surface area (Å²) >= 11 is 0. The number of nitrogens with one attached hydrogen (secondary N) is 1. The van der Waals surface area contributed by atoms with Crippen molar-refractivity contribution in [3.05, 3.63) is 59.4 Å². The van der Waals surface area contributed by atoms with Crippen LogP contribution in [-0.2, 0) is 16.6 Å². The first-order valence-corrected chi connectivity index (χ1v) is 10.9. The quantitative estimate of drug-likeness (QED) is 0.533. The first kappa shape index (κ1) is 21.9. The molecule has 0 saturated heterocycles. The zero-order chi connectivity index (χ0) is 22.9. The lowest BCUT2D eigenvalue weighted by Gasteiger charge is -2.11. The number of anilines is 1. The fraction of sp³-hybridized carbons (Fsp3) is 0.400. The molecule has 2 aromatic heterocycles. The number of carbonyl (C=O) groups is 2. The van der Waals surface area contributed by atoms with Crippen molar-refractivity contribution in [2.45, 2.75) is 58.8 Å². The molecule has 4 rings (SSSR count). The predicted octanol–water partition coefficient (Wildman–Crippen LogP) is 4.90. The molecule has 0 radical (unpaired) electrons. The minimum atomic E-state index is -0.262. The Hall–Kier alpha value is -3.35. The Labute approximate surface area is 187 Å². The smallest absolute Gasteiger partial charge is 0.294 e. The van der Waals surface area contributed by atoms with E-state index in [9.17, 15) is 9.59 Å². The molecule has 0 atom stereocenters. The van der Waals surface area contributed by atoms with E-state index < -0.39 is 0 Å². The van der Waals surface area contributed by atoms with Gasteiger partial charge < -0.3 is 9.84 Å². The number of amides is 1. The van der Waals surface area contributed by atoms with Gasteiger partial charge in [-0.1, -0.05) is 44.1 Å². The van der Waals surface area contributed by atoms with E-state index in [0.29, 0.717) is 24.5 Å². The molecule has 1 fully saturated rings. The number of pyridine rings is 1. The van der Waals surface area contributed by atoms with Crippen molar-refractivity contribution < 1.29 is 14.1 Å². The number of Topliss-reactive ketones (excluding diaryl/α,β-unsaturated/α-hetero) is 1. The van der Waals surface area contributed by atoms with Crippen LogP contribution in [-0.4, -0.2) is 26.8 Å². The highest BCUT2D eigenvalue weighted by molar-refractivity contribution is 5.93. The van der Waals surface area contributed by atoms with Crippen molar-refractivity contribution in [1.29, 1.82) is 0 Å². The molecule has 0 unspecified atom stereocenters. The van der Waals surface area contributed by atoms with E-state index in [1.165, 1.54) is 0 Å². The summed E-state index contributed by atoms with van der Waals surface area (Å²) in [5.41, 5.74) is 3.94. The molecule has 7 nitrogen and oxygen atoms in total. The number of benzene rings is 1. The van der Waals surface area contributed by atoms with Crippen molar-refractivity contribution in [3.8, 4) is 11.1 Å². The molecule has 1 aliphatic carbocycles. The SMILES string of the molecule is Cc1cc(-c2ccnc(NC(=O)C3CC3)c2)ccc1CCC(=O)c1nc(C(C)(C)C)no1. The van der Waals surface area contributed by atoms with Crippen LogP contribution in [0.1, 0.15) is 67.7 Å². The van der Waals surface area contributed by atoms with Crippen LogP contribution in [0.15, 0.2) is 41.1 Å². The lowest BCUT2D eigenvalue weighted by molar-refractivity contribution is -0.117. The zero-order valence-electron chi connectivity index (χ0n) is 18.9. The Bertz CT molecular complexity index is 1160. The van der Waals surface area contributed by atoms with E-state index in [2.05, 4.69) is 26.5 Å². The summed E-state index contributed by atoms with van der Waals surface area (Å²) in [5, 5.41) is 6.82. The van der Waals surface area contributed by atoms with Crippen LogP contribution in [0.5, 0.6) is 0 Å². The average molecular weight is 433 g/mol. The third kappa shape index (κ3) is 5.10. The van der Waals surface area contributed by atoms with Gasteiger partial charge in [-0.25, -0.2) is 4.98 Å². The average Bonchev–Trinajstić information content (AvgIpc) is 3.48. The number of aromatic nitrogens is 3. The highest BCUT2D eigenvalue weighted by Gasteiger charge is 2.29. The molecule has 1 amide bonds. The van der Waals surface area contributed by atoms with Gasteiger partial charge in [0.1, 0.15) is 5.82 Å². The second-order valence-corrected chi connectivity index (χ2v) is 9.43. The van der Waals surface area contributed by atoms with Crippen molar-refractivity contribution in [2.24, 2.45) is 5.92 Å². The van der Waals surface area contributed by atoms with Gasteiger partial charge >= 0.3 is 0 Å². The van der Waals surface area contributed by atoms with Crippen molar-refractivity contribution in [1.82, 2.24) is 15.1 Å². The van der Waals surface area contributed by atoms with E-state index in [4.69, 9.17) is 4.52 Å². The molecular weight excluding hydrogens is 404 g/mol. The highest BCUT2D eigenvalue weighted by atomic mass is 16.5. The second-order valence-electron chi connectivity index (χ2n) is 9.43. The van der Waals surface area contributed by atoms with Gasteiger partial charge in [-0.05, 0) is 60.6 Å². The Balaban J connectivity index is 1.41. The first-order chi connectivity index (χ1) is 15.2. The molecule has 166 valence electrons. The zero-order valence-corrected chi connectivity index (χ0v) is 18.9. The fourth-order valence-corrected chi connectivity index (χ4v) is 3.40. The number of hydrogen-bond donors (Lipinski definition) is 1. The number of carbonyl (C=O) groups excluding carboxylic acids is 2. The van der Waals surface area contributed by atoms with Gasteiger partial charge in [0, 0.05) is 24.0 Å². The predicted molar refractivity (Wildman–Crippen MR) is 121 cm³/mol. The maximum absolute atomic E-state index is 12.5. The normalized spacial score (nSPS) is 13.8. The minimum Gasteiger partial charge on any atom is -0.331 e. The molecule has 1 saturated carbocycles. The van der Waals surface area contributed by atoms with Crippen LogP contribution in [0.25, 0.3) is 11.1 Å². The van der Waals surface area contributed by atoms with Crippen LogP contribution in [0.4, 0.5) is 5.82 Å². The second kappa shape index (κ2) is 8.65. The van der Waals surface area contributed by atoms with Gasteiger partial charge in [0.05, 0.1) is 0 Å². The van der Waals surface area contributed by atoms with Crippen LogP contribution < -0.4 is 5.32 Å². The van der Waals surface area contributed by atoms with E-state index >= 15 is 0 Å². The summed E-state index contributed by atoms with van der Waals surface area (Å²) in [6.07, 6.45) is 4.52. The number of nitrogens with zero attached hydrogens (tertiary/aromatic N) is 3. The summed E-state index contributed by atoms with van der Waals surface area (Å²) in [6, 6.07) is 9.97. The molecule has 2 heterocycles. The molecule has 1 aromatic carbocycles. The van der Waals surface area contributed by atoms with Crippen LogP contribution in [0.3, 0.4) is 0 Å². The molecule has 3 aromatic rings. The Morgan fingerprint density at radius 1 is 1.12 bits per heavy atom. The van der Waals surface area contributed by atoms with Crippen LogP contribution >= 0.6 is 0 Å². The standard InChI is InChI=1S/C25H28N4O3/c1-15-13-18(19-11-12-26-21(14-19)27-22(31)17-6-7-17)8-5-16(15)9-10-20(30)23-28-24(29-32-23)25(2,3)4/h5,8,11-14,17H,6-7,9-10H2,1-4H3,(H,26,27,31). The monoisotopic (exact) mass is 432 g/mol.